The first-order chi connectivity index (χ1) is 7.75. The van der Waals surface area contributed by atoms with Gasteiger partial charge in [0.2, 0.25) is 0 Å². The summed E-state index contributed by atoms with van der Waals surface area (Å²) in [4.78, 5) is 0. The van der Waals surface area contributed by atoms with Gasteiger partial charge in [0.1, 0.15) is 0 Å². The summed E-state index contributed by atoms with van der Waals surface area (Å²) in [6.45, 7) is 11.4. The van der Waals surface area contributed by atoms with Gasteiger partial charge in [-0.05, 0) is 23.8 Å². The van der Waals surface area contributed by atoms with E-state index in [0.717, 1.165) is 5.92 Å². The van der Waals surface area contributed by atoms with Gasteiger partial charge in [-0.25, -0.2) is 0 Å². The molecule has 0 amide bonds. The fourth-order valence-electron chi connectivity index (χ4n) is 2.27. The lowest BCUT2D eigenvalue weighted by atomic mass is 9.89. The molecular formula is C15H30OSi. The van der Waals surface area contributed by atoms with E-state index >= 15 is 0 Å². The molecule has 100 valence electrons. The van der Waals surface area contributed by atoms with Crippen molar-refractivity contribution in [2.24, 2.45) is 5.92 Å². The Morgan fingerprint density at radius 2 is 1.65 bits per heavy atom. The second kappa shape index (κ2) is 5.70. The van der Waals surface area contributed by atoms with Crippen LogP contribution in [-0.4, -0.2) is 18.9 Å². The zero-order valence-electron chi connectivity index (χ0n) is 12.3. The SMILES string of the molecule is CC(C)(C)[Si](C)(C)C(O)/C=C/C1CCCCC1. The largest absolute Gasteiger partial charge is 0.393 e. The van der Waals surface area contributed by atoms with Gasteiger partial charge in [0.05, 0.1) is 13.8 Å². The molecule has 0 radical (unpaired) electrons. The fraction of sp³-hybridized carbons (Fsp3) is 0.867. The summed E-state index contributed by atoms with van der Waals surface area (Å²) >= 11 is 0. The van der Waals surface area contributed by atoms with E-state index in [1.54, 1.807) is 0 Å². The summed E-state index contributed by atoms with van der Waals surface area (Å²) in [7, 11) is -1.62. The van der Waals surface area contributed by atoms with Crippen LogP contribution in [0.1, 0.15) is 52.9 Å². The van der Waals surface area contributed by atoms with E-state index in [-0.39, 0.29) is 10.8 Å². The predicted molar refractivity (Wildman–Crippen MR) is 78.9 cm³/mol. The van der Waals surface area contributed by atoms with Crippen molar-refractivity contribution in [1.82, 2.24) is 0 Å². The van der Waals surface area contributed by atoms with Crippen molar-refractivity contribution >= 4 is 8.07 Å². The van der Waals surface area contributed by atoms with Crippen LogP contribution in [0.5, 0.6) is 0 Å². The molecule has 0 spiro atoms. The van der Waals surface area contributed by atoms with Crippen LogP contribution in [0.4, 0.5) is 0 Å². The van der Waals surface area contributed by atoms with Crippen molar-refractivity contribution in [3.63, 3.8) is 0 Å². The molecule has 1 nitrogen and oxygen atoms in total. The summed E-state index contributed by atoms with van der Waals surface area (Å²) in [5.41, 5.74) is -0.204. The van der Waals surface area contributed by atoms with E-state index in [1.807, 2.05) is 0 Å². The van der Waals surface area contributed by atoms with Crippen molar-refractivity contribution in [3.05, 3.63) is 12.2 Å². The Morgan fingerprint density at radius 3 is 2.12 bits per heavy atom. The number of allylic oxidation sites excluding steroid dienone is 1. The molecule has 0 heterocycles. The van der Waals surface area contributed by atoms with Crippen LogP contribution in [0.2, 0.25) is 18.1 Å². The highest BCUT2D eigenvalue weighted by Gasteiger charge is 2.40. The van der Waals surface area contributed by atoms with Gasteiger partial charge in [0.15, 0.2) is 0 Å². The first kappa shape index (κ1) is 15.0. The smallest absolute Gasteiger partial charge is 0.0914 e. The Kier molecular flexibility index (Phi) is 5.03. The lowest BCUT2D eigenvalue weighted by molar-refractivity contribution is 0.282. The molecule has 0 aromatic rings. The molecule has 1 fully saturated rings. The molecule has 1 atom stereocenters. The highest BCUT2D eigenvalue weighted by Crippen LogP contribution is 2.38. The van der Waals surface area contributed by atoms with Crippen LogP contribution in [0.3, 0.4) is 0 Å². The molecular weight excluding hydrogens is 224 g/mol. The van der Waals surface area contributed by atoms with E-state index in [1.165, 1.54) is 32.1 Å². The molecule has 17 heavy (non-hydrogen) atoms. The Hall–Kier alpha value is -0.0831. The maximum absolute atomic E-state index is 10.4. The molecule has 0 saturated heterocycles. The molecule has 0 bridgehead atoms. The Labute approximate surface area is 108 Å². The van der Waals surface area contributed by atoms with Gasteiger partial charge in [-0.3, -0.25) is 0 Å². The monoisotopic (exact) mass is 254 g/mol. The van der Waals surface area contributed by atoms with Gasteiger partial charge in [0.25, 0.3) is 0 Å². The van der Waals surface area contributed by atoms with Crippen molar-refractivity contribution < 1.29 is 5.11 Å². The van der Waals surface area contributed by atoms with Crippen molar-refractivity contribution in [2.75, 3.05) is 0 Å². The topological polar surface area (TPSA) is 20.2 Å². The third-order valence-corrected chi connectivity index (χ3v) is 10.4. The molecule has 2 heteroatoms. The summed E-state index contributed by atoms with van der Waals surface area (Å²) in [6, 6.07) is 0. The number of aliphatic hydroxyl groups excluding tert-OH is 1. The molecule has 1 unspecified atom stereocenters. The van der Waals surface area contributed by atoms with Crippen molar-refractivity contribution in [3.8, 4) is 0 Å². The average molecular weight is 254 g/mol. The van der Waals surface area contributed by atoms with Crippen LogP contribution in [-0.2, 0) is 0 Å². The van der Waals surface area contributed by atoms with E-state index in [4.69, 9.17) is 0 Å². The Balaban J connectivity index is 2.58. The lowest BCUT2D eigenvalue weighted by Crippen LogP contribution is -2.48. The van der Waals surface area contributed by atoms with E-state index in [9.17, 15) is 5.11 Å². The van der Waals surface area contributed by atoms with E-state index < -0.39 is 8.07 Å². The predicted octanol–water partition coefficient (Wildman–Crippen LogP) is 4.53. The normalized spacial score (nSPS) is 22.0. The third-order valence-electron chi connectivity index (χ3n) is 4.89. The zero-order chi connectivity index (χ0) is 13.1. The zero-order valence-corrected chi connectivity index (χ0v) is 13.3. The van der Waals surface area contributed by atoms with Gasteiger partial charge in [-0.1, -0.05) is 65.3 Å². The molecule has 1 saturated carbocycles. The quantitative estimate of drug-likeness (QED) is 0.579. The van der Waals surface area contributed by atoms with Crippen molar-refractivity contribution in [2.45, 2.75) is 76.7 Å². The van der Waals surface area contributed by atoms with E-state index in [2.05, 4.69) is 46.0 Å². The van der Waals surface area contributed by atoms with E-state index in [0.29, 0.717) is 0 Å². The molecule has 1 aliphatic rings. The minimum Gasteiger partial charge on any atom is -0.393 e. The van der Waals surface area contributed by atoms with Gasteiger partial charge in [-0.2, -0.15) is 0 Å². The number of rotatable bonds is 3. The average Bonchev–Trinajstić information content (AvgIpc) is 2.25. The molecule has 0 aliphatic heterocycles. The first-order valence-corrected chi connectivity index (χ1v) is 10.2. The molecule has 1 aliphatic carbocycles. The van der Waals surface area contributed by atoms with Crippen LogP contribution in [0.25, 0.3) is 0 Å². The second-order valence-corrected chi connectivity index (χ2v) is 12.7. The Bertz CT molecular complexity index is 257. The Morgan fingerprint density at radius 1 is 1.12 bits per heavy atom. The highest BCUT2D eigenvalue weighted by molar-refractivity contribution is 6.81. The second-order valence-electron chi connectivity index (χ2n) is 7.20. The van der Waals surface area contributed by atoms with Crippen LogP contribution < -0.4 is 0 Å². The van der Waals surface area contributed by atoms with Gasteiger partial charge >= 0.3 is 0 Å². The highest BCUT2D eigenvalue weighted by atomic mass is 28.3. The lowest BCUT2D eigenvalue weighted by Gasteiger charge is -2.39. The number of aliphatic hydroxyl groups is 1. The van der Waals surface area contributed by atoms with Gasteiger partial charge in [0, 0.05) is 0 Å². The van der Waals surface area contributed by atoms with Crippen LogP contribution in [0, 0.1) is 5.92 Å². The molecule has 1 N–H and O–H groups in total. The van der Waals surface area contributed by atoms with Gasteiger partial charge < -0.3 is 5.11 Å². The summed E-state index contributed by atoms with van der Waals surface area (Å²) in [5, 5.41) is 10.7. The summed E-state index contributed by atoms with van der Waals surface area (Å²) < 4.78 is 0. The summed E-state index contributed by atoms with van der Waals surface area (Å²) in [6.07, 6.45) is 11.2. The van der Waals surface area contributed by atoms with Crippen molar-refractivity contribution in [1.29, 1.82) is 0 Å². The molecule has 1 rings (SSSR count). The minimum absolute atomic E-state index is 0.204. The molecule has 0 aromatic heterocycles. The maximum Gasteiger partial charge on any atom is 0.0914 e. The third kappa shape index (κ3) is 3.96. The first-order valence-electron chi connectivity index (χ1n) is 7.11. The number of hydrogen-bond donors (Lipinski definition) is 1. The van der Waals surface area contributed by atoms with Gasteiger partial charge in [-0.15, -0.1) is 0 Å². The van der Waals surface area contributed by atoms with Crippen LogP contribution >= 0.6 is 0 Å². The number of hydrogen-bond acceptors (Lipinski definition) is 1. The standard InChI is InChI=1S/C15H30OSi/c1-15(2,3)17(4,5)14(16)12-11-13-9-7-6-8-10-13/h11-14,16H,6-10H2,1-5H3/b12-11+. The van der Waals surface area contributed by atoms with Crippen LogP contribution in [0.15, 0.2) is 12.2 Å². The summed E-state index contributed by atoms with van der Waals surface area (Å²) in [5.74, 6) is 0.725. The molecule has 0 aromatic carbocycles. The maximum atomic E-state index is 10.4. The minimum atomic E-state index is -1.62. The fourth-order valence-corrected chi connectivity index (χ4v) is 3.75.